The zero-order valence-electron chi connectivity index (χ0n) is 15.7. The summed E-state index contributed by atoms with van der Waals surface area (Å²) in [6.07, 6.45) is 1.36. The van der Waals surface area contributed by atoms with Crippen molar-refractivity contribution in [2.75, 3.05) is 20.8 Å². The average molecular weight is 480 g/mol. The Bertz CT molecular complexity index is 1060. The van der Waals surface area contributed by atoms with Gasteiger partial charge in [-0.1, -0.05) is 40.2 Å². The lowest BCUT2D eigenvalue weighted by Crippen LogP contribution is -2.16. The molecule has 0 radical (unpaired) electrons. The Balaban J connectivity index is 1.94. The molecule has 29 heavy (non-hydrogen) atoms. The number of halogens is 1. The van der Waals surface area contributed by atoms with Crippen molar-refractivity contribution in [1.29, 1.82) is 0 Å². The summed E-state index contributed by atoms with van der Waals surface area (Å²) in [5.41, 5.74) is 0.945. The average Bonchev–Trinajstić information content (AvgIpc) is 3.53. The molecule has 2 atom stereocenters. The predicted molar refractivity (Wildman–Crippen MR) is 109 cm³/mol. The molecule has 1 saturated heterocycles. The predicted octanol–water partition coefficient (Wildman–Crippen LogP) is 2.92. The number of hydrogen-bond donors (Lipinski definition) is 0. The minimum Gasteiger partial charge on any atom is -0.465 e. The quantitative estimate of drug-likeness (QED) is 0.208. The third-order valence-electron chi connectivity index (χ3n) is 4.45. The number of sulfonamides is 1. The summed E-state index contributed by atoms with van der Waals surface area (Å²) >= 11 is 3.29. The third-order valence-corrected chi connectivity index (χ3v) is 6.87. The molecular weight excluding hydrogens is 462 g/mol. The molecule has 2 unspecified atom stereocenters. The van der Waals surface area contributed by atoms with Gasteiger partial charge in [0, 0.05) is 11.0 Å². The summed E-state index contributed by atoms with van der Waals surface area (Å²) in [7, 11) is -1.33. The molecule has 0 spiro atoms. The number of hydrogen-bond acceptors (Lipinski definition) is 6. The van der Waals surface area contributed by atoms with E-state index in [-0.39, 0.29) is 10.5 Å². The van der Waals surface area contributed by atoms with Gasteiger partial charge in [0.1, 0.15) is 5.57 Å². The van der Waals surface area contributed by atoms with Gasteiger partial charge >= 0.3 is 11.9 Å². The van der Waals surface area contributed by atoms with Crippen molar-refractivity contribution in [3.05, 3.63) is 69.7 Å². The fourth-order valence-corrected chi connectivity index (χ4v) is 4.71. The number of rotatable bonds is 6. The third kappa shape index (κ3) is 4.42. The van der Waals surface area contributed by atoms with Crippen LogP contribution in [0.4, 0.5) is 0 Å². The second-order valence-corrected chi connectivity index (χ2v) is 9.02. The number of ether oxygens (including phenoxy) is 2. The van der Waals surface area contributed by atoms with Crippen LogP contribution in [0.3, 0.4) is 0 Å². The summed E-state index contributed by atoms with van der Waals surface area (Å²) in [5.74, 6) is -1.66. The molecule has 3 rings (SSSR count). The van der Waals surface area contributed by atoms with E-state index in [9.17, 15) is 18.0 Å². The highest BCUT2D eigenvalue weighted by Gasteiger charge is 2.46. The van der Waals surface area contributed by atoms with Gasteiger partial charge in [0.25, 0.3) is 0 Å². The minimum atomic E-state index is -3.66. The number of carbonyl (C=O) groups excluding carboxylic acids is 2. The molecule has 0 N–H and O–H groups in total. The van der Waals surface area contributed by atoms with Crippen molar-refractivity contribution < 1.29 is 27.5 Å². The monoisotopic (exact) mass is 479 g/mol. The highest BCUT2D eigenvalue weighted by Crippen LogP contribution is 2.42. The van der Waals surface area contributed by atoms with E-state index in [4.69, 9.17) is 0 Å². The van der Waals surface area contributed by atoms with Crippen LogP contribution in [0.25, 0.3) is 6.08 Å². The van der Waals surface area contributed by atoms with Crippen molar-refractivity contribution >= 4 is 44.0 Å². The van der Waals surface area contributed by atoms with Crippen molar-refractivity contribution in [3.63, 3.8) is 0 Å². The Labute approximate surface area is 177 Å². The molecule has 7 nitrogen and oxygen atoms in total. The summed E-state index contributed by atoms with van der Waals surface area (Å²) < 4.78 is 37.2. The first-order valence-electron chi connectivity index (χ1n) is 8.54. The molecule has 1 aliphatic heterocycles. The van der Waals surface area contributed by atoms with Crippen molar-refractivity contribution in [1.82, 2.24) is 4.31 Å². The molecule has 1 heterocycles. The molecule has 2 aromatic rings. The summed E-state index contributed by atoms with van der Waals surface area (Å²) in [6.45, 7) is 0.301. The Kier molecular flexibility index (Phi) is 6.21. The summed E-state index contributed by atoms with van der Waals surface area (Å²) in [5, 5.41) is 0. The highest BCUT2D eigenvalue weighted by atomic mass is 79.9. The van der Waals surface area contributed by atoms with E-state index in [1.54, 1.807) is 36.4 Å². The zero-order valence-corrected chi connectivity index (χ0v) is 18.1. The van der Waals surface area contributed by atoms with Crippen molar-refractivity contribution in [2.24, 2.45) is 0 Å². The Morgan fingerprint density at radius 3 is 2.21 bits per heavy atom. The van der Waals surface area contributed by atoms with E-state index in [1.807, 2.05) is 0 Å². The van der Waals surface area contributed by atoms with E-state index in [0.717, 1.165) is 4.47 Å². The standard InChI is InChI=1S/C20H18BrNO6S/c1-27-19(23)17(20(24)28-2)11-13-5-3-4-6-16(13)18-12-22(18)29(25,26)15-9-7-14(21)8-10-15/h3-11,18H,12H2,1-2H3. The molecule has 0 saturated carbocycles. The topological polar surface area (TPSA) is 89.8 Å². The van der Waals surface area contributed by atoms with Gasteiger partial charge in [-0.3, -0.25) is 0 Å². The summed E-state index contributed by atoms with van der Waals surface area (Å²) in [4.78, 5) is 24.1. The smallest absolute Gasteiger partial charge is 0.345 e. The minimum absolute atomic E-state index is 0.195. The van der Waals surface area contributed by atoms with Gasteiger partial charge < -0.3 is 9.47 Å². The van der Waals surface area contributed by atoms with Gasteiger partial charge in [0.05, 0.1) is 25.2 Å². The van der Waals surface area contributed by atoms with Crippen LogP contribution in [0.1, 0.15) is 17.2 Å². The Hall–Kier alpha value is -2.49. The number of methoxy groups -OCH3 is 2. The first-order valence-corrected chi connectivity index (χ1v) is 10.8. The lowest BCUT2D eigenvalue weighted by atomic mass is 10.0. The number of esters is 2. The summed E-state index contributed by atoms with van der Waals surface area (Å²) in [6, 6.07) is 13.0. The molecule has 2 aromatic carbocycles. The normalized spacial score (nSPS) is 17.9. The van der Waals surface area contributed by atoms with Crippen LogP contribution in [-0.4, -0.2) is 45.4 Å². The van der Waals surface area contributed by atoms with E-state index >= 15 is 0 Å². The van der Waals surface area contributed by atoms with Gasteiger partial charge in [-0.05, 0) is 41.5 Å². The van der Waals surface area contributed by atoms with E-state index < -0.39 is 28.0 Å². The van der Waals surface area contributed by atoms with Gasteiger partial charge in [0.15, 0.2) is 0 Å². The first-order chi connectivity index (χ1) is 13.8. The Morgan fingerprint density at radius 2 is 1.62 bits per heavy atom. The largest absolute Gasteiger partial charge is 0.465 e. The van der Waals surface area contributed by atoms with Crippen LogP contribution in [0.15, 0.2) is 63.5 Å². The number of carbonyl (C=O) groups is 2. The van der Waals surface area contributed by atoms with Crippen LogP contribution in [0, 0.1) is 0 Å². The zero-order chi connectivity index (χ0) is 21.2. The molecule has 0 aliphatic carbocycles. The molecule has 1 aliphatic rings. The van der Waals surface area contributed by atoms with Crippen LogP contribution in [0.5, 0.6) is 0 Å². The van der Waals surface area contributed by atoms with E-state index in [1.165, 1.54) is 36.7 Å². The molecular formula is C20H18BrNO6S. The van der Waals surface area contributed by atoms with E-state index in [2.05, 4.69) is 25.4 Å². The van der Waals surface area contributed by atoms with Crippen LogP contribution < -0.4 is 0 Å². The highest BCUT2D eigenvalue weighted by molar-refractivity contribution is 9.10. The van der Waals surface area contributed by atoms with Crippen LogP contribution in [-0.2, 0) is 29.1 Å². The number of benzene rings is 2. The maximum absolute atomic E-state index is 12.9. The lowest BCUT2D eigenvalue weighted by molar-refractivity contribution is -0.143. The van der Waals surface area contributed by atoms with Crippen molar-refractivity contribution in [2.45, 2.75) is 10.9 Å². The van der Waals surface area contributed by atoms with Gasteiger partial charge in [-0.15, -0.1) is 0 Å². The maximum Gasteiger partial charge on any atom is 0.345 e. The Morgan fingerprint density at radius 1 is 1.03 bits per heavy atom. The SMILES string of the molecule is COC(=O)C(=Cc1ccccc1C1CN1S(=O)(=O)c1ccc(Br)cc1)C(=O)OC. The molecule has 0 bridgehead atoms. The van der Waals surface area contributed by atoms with Crippen LogP contribution in [0.2, 0.25) is 0 Å². The lowest BCUT2D eigenvalue weighted by Gasteiger charge is -2.10. The van der Waals surface area contributed by atoms with Crippen LogP contribution >= 0.6 is 15.9 Å². The van der Waals surface area contributed by atoms with E-state index in [0.29, 0.717) is 17.7 Å². The van der Waals surface area contributed by atoms with Gasteiger partial charge in [-0.2, -0.15) is 4.31 Å². The number of nitrogens with zero attached hydrogens (tertiary/aromatic N) is 1. The molecule has 1 fully saturated rings. The fraction of sp³-hybridized carbons (Fsp3) is 0.200. The molecule has 0 amide bonds. The van der Waals surface area contributed by atoms with Gasteiger partial charge in [0.2, 0.25) is 10.0 Å². The maximum atomic E-state index is 12.9. The molecule has 0 aromatic heterocycles. The first kappa shape index (κ1) is 21.2. The van der Waals surface area contributed by atoms with Crippen molar-refractivity contribution in [3.8, 4) is 0 Å². The van der Waals surface area contributed by atoms with Gasteiger partial charge in [-0.25, -0.2) is 18.0 Å². The molecule has 9 heteroatoms. The second kappa shape index (κ2) is 8.48. The second-order valence-electron chi connectivity index (χ2n) is 6.21. The fourth-order valence-electron chi connectivity index (χ4n) is 2.91. The molecule has 152 valence electrons.